The molecule has 96 valence electrons. The van der Waals surface area contributed by atoms with Gasteiger partial charge in [-0.3, -0.25) is 4.79 Å². The maximum atomic E-state index is 11.8. The van der Waals surface area contributed by atoms with Crippen LogP contribution in [0.4, 0.5) is 0 Å². The minimum Gasteiger partial charge on any atom is -0.508 e. The highest BCUT2D eigenvalue weighted by atomic mass is 16.3. The van der Waals surface area contributed by atoms with E-state index < -0.39 is 0 Å². The first-order valence-electron chi connectivity index (χ1n) is 6.04. The fraction of sp³-hybridized carbons (Fsp3) is 0. The second-order valence-electron chi connectivity index (χ2n) is 4.45. The number of rotatable bonds is 1. The second kappa shape index (κ2) is 4.56. The molecule has 0 saturated carbocycles. The summed E-state index contributed by atoms with van der Waals surface area (Å²) in [5.74, 6) is 0.109. The highest BCUT2D eigenvalue weighted by Crippen LogP contribution is 2.28. The molecule has 2 aromatic carbocycles. The third-order valence-corrected chi connectivity index (χ3v) is 3.21. The molecule has 4 nitrogen and oxygen atoms in total. The molecule has 0 unspecified atom stereocenters. The Morgan fingerprint density at radius 2 is 1.80 bits per heavy atom. The van der Waals surface area contributed by atoms with Crippen LogP contribution in [0.3, 0.4) is 0 Å². The molecule has 0 atom stereocenters. The van der Waals surface area contributed by atoms with E-state index in [9.17, 15) is 9.90 Å². The summed E-state index contributed by atoms with van der Waals surface area (Å²) in [4.78, 5) is 14.5. The molecule has 2 N–H and O–H groups in total. The number of pyridine rings is 1. The van der Waals surface area contributed by atoms with Gasteiger partial charge < -0.3 is 10.1 Å². The average Bonchev–Trinajstić information content (AvgIpc) is 2.48. The topological polar surface area (TPSA) is 76.9 Å². The number of nitriles is 1. The van der Waals surface area contributed by atoms with Crippen LogP contribution in [0.5, 0.6) is 5.75 Å². The Labute approximate surface area is 114 Å². The zero-order valence-electron chi connectivity index (χ0n) is 10.4. The van der Waals surface area contributed by atoms with E-state index in [2.05, 4.69) is 11.1 Å². The van der Waals surface area contributed by atoms with Crippen molar-refractivity contribution in [2.24, 2.45) is 0 Å². The second-order valence-corrected chi connectivity index (χ2v) is 4.45. The van der Waals surface area contributed by atoms with Gasteiger partial charge in [-0.1, -0.05) is 12.1 Å². The molecule has 0 fully saturated rings. The Balaban J connectivity index is 2.30. The number of nitrogens with zero attached hydrogens (tertiary/aromatic N) is 1. The van der Waals surface area contributed by atoms with Crippen LogP contribution in [0, 0.1) is 11.3 Å². The van der Waals surface area contributed by atoms with Gasteiger partial charge >= 0.3 is 0 Å². The van der Waals surface area contributed by atoms with E-state index in [0.29, 0.717) is 16.3 Å². The van der Waals surface area contributed by atoms with Crippen molar-refractivity contribution in [2.45, 2.75) is 0 Å². The summed E-state index contributed by atoms with van der Waals surface area (Å²) < 4.78 is 0. The summed E-state index contributed by atoms with van der Waals surface area (Å²) in [5, 5.41) is 19.6. The number of aromatic nitrogens is 1. The first kappa shape index (κ1) is 12.0. The molecule has 1 aromatic heterocycles. The van der Waals surface area contributed by atoms with Crippen LogP contribution in [0.1, 0.15) is 5.56 Å². The van der Waals surface area contributed by atoms with Crippen molar-refractivity contribution >= 4 is 10.8 Å². The average molecular weight is 262 g/mol. The van der Waals surface area contributed by atoms with Crippen molar-refractivity contribution in [1.82, 2.24) is 4.98 Å². The van der Waals surface area contributed by atoms with Crippen molar-refractivity contribution in [2.75, 3.05) is 0 Å². The number of phenolic OH excluding ortho intramolecular Hbond substituents is 1. The van der Waals surface area contributed by atoms with Crippen molar-refractivity contribution < 1.29 is 5.11 Å². The molecular weight excluding hydrogens is 252 g/mol. The molecule has 20 heavy (non-hydrogen) atoms. The lowest BCUT2D eigenvalue weighted by Crippen LogP contribution is -2.05. The molecule has 0 aliphatic rings. The van der Waals surface area contributed by atoms with Gasteiger partial charge in [-0.2, -0.15) is 5.26 Å². The van der Waals surface area contributed by atoms with Gasteiger partial charge in [0.25, 0.3) is 5.56 Å². The molecule has 3 aromatic rings. The summed E-state index contributed by atoms with van der Waals surface area (Å²) >= 11 is 0. The lowest BCUT2D eigenvalue weighted by molar-refractivity contribution is 0.476. The minimum absolute atomic E-state index is 0.109. The van der Waals surface area contributed by atoms with E-state index in [1.807, 2.05) is 12.1 Å². The maximum absolute atomic E-state index is 11.8. The Bertz CT molecular complexity index is 887. The zero-order valence-corrected chi connectivity index (χ0v) is 10.4. The van der Waals surface area contributed by atoms with Crippen LogP contribution >= 0.6 is 0 Å². The maximum Gasteiger partial charge on any atom is 0.255 e. The molecular formula is C16H10N2O2. The van der Waals surface area contributed by atoms with Gasteiger partial charge in [0.2, 0.25) is 0 Å². The van der Waals surface area contributed by atoms with Crippen LogP contribution in [0.2, 0.25) is 0 Å². The SMILES string of the molecule is N#Cc1ccc(-c2c[nH]c(=O)c3ccc(O)cc23)cc1. The van der Waals surface area contributed by atoms with Gasteiger partial charge in [-0.05, 0) is 35.9 Å². The summed E-state index contributed by atoms with van der Waals surface area (Å²) in [7, 11) is 0. The van der Waals surface area contributed by atoms with Crippen LogP contribution in [0.15, 0.2) is 53.5 Å². The Morgan fingerprint density at radius 1 is 1.05 bits per heavy atom. The number of fused-ring (bicyclic) bond motifs is 1. The number of H-pyrrole nitrogens is 1. The van der Waals surface area contributed by atoms with Gasteiger partial charge in [0, 0.05) is 22.5 Å². The van der Waals surface area contributed by atoms with E-state index in [4.69, 9.17) is 5.26 Å². The van der Waals surface area contributed by atoms with Crippen LogP contribution in [-0.2, 0) is 0 Å². The van der Waals surface area contributed by atoms with Crippen molar-refractivity contribution in [3.05, 3.63) is 64.6 Å². The number of phenols is 1. The first-order valence-corrected chi connectivity index (χ1v) is 6.04. The monoisotopic (exact) mass is 262 g/mol. The summed E-state index contributed by atoms with van der Waals surface area (Å²) in [5.41, 5.74) is 2.05. The Kier molecular flexibility index (Phi) is 2.73. The standard InChI is InChI=1S/C16H10N2O2/c17-8-10-1-3-11(4-2-10)15-9-18-16(20)13-6-5-12(19)7-14(13)15/h1-7,9,19H,(H,18,20). The number of aromatic hydroxyl groups is 1. The van der Waals surface area contributed by atoms with E-state index >= 15 is 0 Å². The van der Waals surface area contributed by atoms with E-state index in [1.54, 1.807) is 30.5 Å². The summed E-state index contributed by atoms with van der Waals surface area (Å²) in [6.07, 6.45) is 1.62. The van der Waals surface area contributed by atoms with Gasteiger partial charge in [0.15, 0.2) is 0 Å². The zero-order chi connectivity index (χ0) is 14.1. The Hall–Kier alpha value is -3.06. The van der Waals surface area contributed by atoms with Gasteiger partial charge in [-0.25, -0.2) is 0 Å². The van der Waals surface area contributed by atoms with E-state index in [0.717, 1.165) is 11.1 Å². The third-order valence-electron chi connectivity index (χ3n) is 3.21. The predicted molar refractivity (Wildman–Crippen MR) is 76.4 cm³/mol. The molecule has 0 spiro atoms. The number of nitrogens with one attached hydrogen (secondary N) is 1. The highest BCUT2D eigenvalue weighted by Gasteiger charge is 2.07. The molecule has 0 saturated heterocycles. The van der Waals surface area contributed by atoms with Crippen molar-refractivity contribution in [1.29, 1.82) is 5.26 Å². The van der Waals surface area contributed by atoms with Crippen molar-refractivity contribution in [3.63, 3.8) is 0 Å². The lowest BCUT2D eigenvalue weighted by atomic mass is 10.00. The fourth-order valence-electron chi connectivity index (χ4n) is 2.21. The fourth-order valence-corrected chi connectivity index (χ4v) is 2.21. The van der Waals surface area contributed by atoms with Crippen LogP contribution in [0.25, 0.3) is 21.9 Å². The molecule has 3 rings (SSSR count). The van der Waals surface area contributed by atoms with Crippen molar-refractivity contribution in [3.8, 4) is 22.9 Å². The highest BCUT2D eigenvalue weighted by molar-refractivity contribution is 5.96. The van der Waals surface area contributed by atoms with Gasteiger partial charge in [0.05, 0.1) is 11.6 Å². The number of hydrogen-bond donors (Lipinski definition) is 2. The summed E-state index contributed by atoms with van der Waals surface area (Å²) in [6.45, 7) is 0. The molecule has 1 heterocycles. The molecule has 0 radical (unpaired) electrons. The largest absolute Gasteiger partial charge is 0.508 e. The predicted octanol–water partition coefficient (Wildman–Crippen LogP) is 2.77. The van der Waals surface area contributed by atoms with Gasteiger partial charge in [0.1, 0.15) is 5.75 Å². The molecule has 0 aliphatic carbocycles. The normalized spacial score (nSPS) is 10.3. The van der Waals surface area contributed by atoms with E-state index in [1.165, 1.54) is 6.07 Å². The summed E-state index contributed by atoms with van der Waals surface area (Å²) in [6, 6.07) is 13.8. The molecule has 0 aliphatic heterocycles. The number of benzene rings is 2. The minimum atomic E-state index is -0.197. The first-order chi connectivity index (χ1) is 9.69. The quantitative estimate of drug-likeness (QED) is 0.708. The molecule has 4 heteroatoms. The Morgan fingerprint density at radius 3 is 2.50 bits per heavy atom. The third kappa shape index (κ3) is 1.91. The van der Waals surface area contributed by atoms with Gasteiger partial charge in [-0.15, -0.1) is 0 Å². The van der Waals surface area contributed by atoms with Crippen LogP contribution < -0.4 is 5.56 Å². The van der Waals surface area contributed by atoms with Crippen LogP contribution in [-0.4, -0.2) is 10.1 Å². The van der Waals surface area contributed by atoms with E-state index in [-0.39, 0.29) is 11.3 Å². The lowest BCUT2D eigenvalue weighted by Gasteiger charge is -2.07. The number of hydrogen-bond acceptors (Lipinski definition) is 3. The number of aromatic amines is 1. The smallest absolute Gasteiger partial charge is 0.255 e. The molecule has 0 bridgehead atoms. The molecule has 0 amide bonds.